The Labute approximate surface area is 163 Å². The standard InChI is InChI=1S/C21H22ClFN2O2/c1-24-20(26)14-27-19-13-25(12-15-11-17(22)7-8-18(15)23)10-9-21(19,24)16-5-3-2-4-6-16/h2-8,11,19H,9-10,12-14H2,1H3/t19-,21+/m1/s1. The summed E-state index contributed by atoms with van der Waals surface area (Å²) in [5.41, 5.74) is 1.18. The van der Waals surface area contributed by atoms with Crippen LogP contribution in [0, 0.1) is 5.82 Å². The number of nitrogens with zero attached hydrogens (tertiary/aromatic N) is 2. The molecule has 2 fully saturated rings. The van der Waals surface area contributed by atoms with E-state index < -0.39 is 5.54 Å². The first-order chi connectivity index (χ1) is 13.0. The molecular weight excluding hydrogens is 367 g/mol. The van der Waals surface area contributed by atoms with Gasteiger partial charge in [-0.05, 0) is 30.2 Å². The van der Waals surface area contributed by atoms with Crippen molar-refractivity contribution in [2.75, 3.05) is 26.7 Å². The van der Waals surface area contributed by atoms with Crippen molar-refractivity contribution < 1.29 is 13.9 Å². The van der Waals surface area contributed by atoms with Gasteiger partial charge in [-0.15, -0.1) is 0 Å². The molecule has 0 spiro atoms. The van der Waals surface area contributed by atoms with Crippen LogP contribution in [0.4, 0.5) is 4.39 Å². The zero-order chi connectivity index (χ0) is 19.0. The van der Waals surface area contributed by atoms with Gasteiger partial charge in [0, 0.05) is 37.3 Å². The molecule has 2 aromatic carbocycles. The molecule has 142 valence electrons. The molecule has 4 nitrogen and oxygen atoms in total. The van der Waals surface area contributed by atoms with Crippen LogP contribution in [0.25, 0.3) is 0 Å². The monoisotopic (exact) mass is 388 g/mol. The van der Waals surface area contributed by atoms with Crippen LogP contribution in [0.15, 0.2) is 48.5 Å². The molecule has 2 atom stereocenters. The fourth-order valence-corrected chi connectivity index (χ4v) is 4.53. The topological polar surface area (TPSA) is 32.8 Å². The quantitative estimate of drug-likeness (QED) is 0.807. The molecule has 0 N–H and O–H groups in total. The highest BCUT2D eigenvalue weighted by Crippen LogP contribution is 2.42. The van der Waals surface area contributed by atoms with Crippen molar-refractivity contribution in [2.24, 2.45) is 0 Å². The Hall–Kier alpha value is -1.95. The van der Waals surface area contributed by atoms with Gasteiger partial charge in [0.1, 0.15) is 12.4 Å². The largest absolute Gasteiger partial charge is 0.364 e. The average molecular weight is 389 g/mol. The summed E-state index contributed by atoms with van der Waals surface area (Å²) in [4.78, 5) is 16.4. The normalized spacial score (nSPS) is 26.1. The van der Waals surface area contributed by atoms with E-state index >= 15 is 0 Å². The SMILES string of the molecule is CN1C(=O)CO[C@@H]2CN(Cc3cc(Cl)ccc3F)CC[C@]21c1ccccc1. The molecule has 27 heavy (non-hydrogen) atoms. The molecule has 0 radical (unpaired) electrons. The van der Waals surface area contributed by atoms with Crippen molar-refractivity contribution >= 4 is 17.5 Å². The van der Waals surface area contributed by atoms with Crippen LogP contribution >= 0.6 is 11.6 Å². The molecule has 2 aliphatic heterocycles. The van der Waals surface area contributed by atoms with Crippen molar-refractivity contribution in [2.45, 2.75) is 24.6 Å². The van der Waals surface area contributed by atoms with Crippen LogP contribution in [0.3, 0.4) is 0 Å². The number of likely N-dealkylation sites (tertiary alicyclic amines) is 1. The summed E-state index contributed by atoms with van der Waals surface area (Å²) in [6.07, 6.45) is 0.560. The fraction of sp³-hybridized carbons (Fsp3) is 0.381. The minimum Gasteiger partial charge on any atom is -0.364 e. The molecule has 2 aromatic rings. The summed E-state index contributed by atoms with van der Waals surface area (Å²) < 4.78 is 20.1. The first-order valence-electron chi connectivity index (χ1n) is 9.11. The van der Waals surface area contributed by atoms with E-state index in [9.17, 15) is 9.18 Å². The van der Waals surface area contributed by atoms with E-state index in [1.165, 1.54) is 6.07 Å². The van der Waals surface area contributed by atoms with Gasteiger partial charge in [-0.25, -0.2) is 4.39 Å². The van der Waals surface area contributed by atoms with Crippen LogP contribution in [0.2, 0.25) is 5.02 Å². The van der Waals surface area contributed by atoms with E-state index in [-0.39, 0.29) is 24.4 Å². The minimum absolute atomic E-state index is 0.00978. The Kier molecular flexibility index (Phi) is 4.93. The van der Waals surface area contributed by atoms with Crippen molar-refractivity contribution in [3.05, 3.63) is 70.5 Å². The third-order valence-electron chi connectivity index (χ3n) is 5.82. The smallest absolute Gasteiger partial charge is 0.249 e. The number of carbonyl (C=O) groups is 1. The maximum Gasteiger partial charge on any atom is 0.249 e. The lowest BCUT2D eigenvalue weighted by atomic mass is 9.76. The van der Waals surface area contributed by atoms with Crippen molar-refractivity contribution in [1.29, 1.82) is 0 Å². The number of piperidine rings is 1. The maximum atomic E-state index is 14.1. The molecule has 0 aliphatic carbocycles. The van der Waals surface area contributed by atoms with Gasteiger partial charge < -0.3 is 9.64 Å². The first-order valence-corrected chi connectivity index (χ1v) is 9.48. The molecule has 2 saturated heterocycles. The molecule has 4 rings (SSSR count). The number of amides is 1. The first kappa shape index (κ1) is 18.4. The summed E-state index contributed by atoms with van der Waals surface area (Å²) >= 11 is 6.03. The van der Waals surface area contributed by atoms with Gasteiger partial charge >= 0.3 is 0 Å². The van der Waals surface area contributed by atoms with Gasteiger partial charge in [0.2, 0.25) is 5.91 Å². The van der Waals surface area contributed by atoms with Crippen molar-refractivity contribution in [3.63, 3.8) is 0 Å². The fourth-order valence-electron chi connectivity index (χ4n) is 4.33. The van der Waals surface area contributed by atoms with Gasteiger partial charge in [-0.1, -0.05) is 41.9 Å². The maximum absolute atomic E-state index is 14.1. The van der Waals surface area contributed by atoms with Crippen LogP contribution < -0.4 is 0 Å². The van der Waals surface area contributed by atoms with Crippen molar-refractivity contribution in [1.82, 2.24) is 9.80 Å². The molecule has 6 heteroatoms. The Bertz CT molecular complexity index is 847. The number of morpholine rings is 1. The summed E-state index contributed by atoms with van der Waals surface area (Å²) in [6.45, 7) is 1.90. The molecule has 2 heterocycles. The molecule has 0 saturated carbocycles. The van der Waals surface area contributed by atoms with Crippen molar-refractivity contribution in [3.8, 4) is 0 Å². The van der Waals surface area contributed by atoms with Crippen LogP contribution in [0.1, 0.15) is 17.5 Å². The van der Waals surface area contributed by atoms with Gasteiger partial charge in [-0.3, -0.25) is 9.69 Å². The number of carbonyl (C=O) groups excluding carboxylic acids is 1. The second-order valence-corrected chi connectivity index (χ2v) is 7.70. The zero-order valence-corrected chi connectivity index (χ0v) is 16.0. The predicted molar refractivity (Wildman–Crippen MR) is 102 cm³/mol. The third kappa shape index (κ3) is 3.24. The van der Waals surface area contributed by atoms with E-state index in [4.69, 9.17) is 16.3 Å². The molecule has 0 aromatic heterocycles. The zero-order valence-electron chi connectivity index (χ0n) is 15.2. The molecule has 2 aliphatic rings. The van der Waals surface area contributed by atoms with E-state index in [2.05, 4.69) is 17.0 Å². The van der Waals surface area contributed by atoms with E-state index in [0.717, 1.165) is 18.5 Å². The number of rotatable bonds is 3. The average Bonchev–Trinajstić information content (AvgIpc) is 2.68. The Morgan fingerprint density at radius 2 is 2.04 bits per heavy atom. The number of hydrogen-bond donors (Lipinski definition) is 0. The number of likely N-dealkylation sites (N-methyl/N-ethyl adjacent to an activating group) is 1. The summed E-state index contributed by atoms with van der Waals surface area (Å²) in [6, 6.07) is 14.7. The number of ether oxygens (including phenoxy) is 1. The van der Waals surface area contributed by atoms with E-state index in [1.807, 2.05) is 30.1 Å². The second kappa shape index (κ2) is 7.23. The summed E-state index contributed by atoms with van der Waals surface area (Å²) in [5.74, 6) is -0.263. The lowest BCUT2D eigenvalue weighted by Crippen LogP contribution is -2.66. The van der Waals surface area contributed by atoms with Gasteiger partial charge in [0.05, 0.1) is 11.6 Å². The summed E-state index contributed by atoms with van der Waals surface area (Å²) in [7, 11) is 1.86. The van der Waals surface area contributed by atoms with E-state index in [0.29, 0.717) is 23.7 Å². The molecular formula is C21H22ClFN2O2. The lowest BCUT2D eigenvalue weighted by molar-refractivity contribution is -0.183. The second-order valence-electron chi connectivity index (χ2n) is 7.26. The van der Waals surface area contributed by atoms with Crippen LogP contribution in [0.5, 0.6) is 0 Å². The van der Waals surface area contributed by atoms with Crippen LogP contribution in [-0.2, 0) is 21.6 Å². The number of fused-ring (bicyclic) bond motifs is 1. The molecule has 0 bridgehead atoms. The predicted octanol–water partition coefficient (Wildman–Crippen LogP) is 3.44. The van der Waals surface area contributed by atoms with Gasteiger partial charge in [0.25, 0.3) is 0 Å². The minimum atomic E-state index is -0.486. The molecule has 0 unspecified atom stereocenters. The Morgan fingerprint density at radius 1 is 1.26 bits per heavy atom. The van der Waals surface area contributed by atoms with E-state index in [1.54, 1.807) is 12.1 Å². The Morgan fingerprint density at radius 3 is 2.81 bits per heavy atom. The highest BCUT2D eigenvalue weighted by Gasteiger charge is 2.52. The lowest BCUT2D eigenvalue weighted by Gasteiger charge is -2.55. The van der Waals surface area contributed by atoms with Gasteiger partial charge in [-0.2, -0.15) is 0 Å². The third-order valence-corrected chi connectivity index (χ3v) is 6.06. The number of hydrogen-bond acceptors (Lipinski definition) is 3. The number of benzene rings is 2. The highest BCUT2D eigenvalue weighted by atomic mass is 35.5. The molecule has 1 amide bonds. The van der Waals surface area contributed by atoms with Gasteiger partial charge in [0.15, 0.2) is 0 Å². The Balaban J connectivity index is 1.61. The summed E-state index contributed by atoms with van der Waals surface area (Å²) in [5, 5.41) is 0.529. The number of halogens is 2. The highest BCUT2D eigenvalue weighted by molar-refractivity contribution is 6.30. The van der Waals surface area contributed by atoms with Crippen LogP contribution in [-0.4, -0.2) is 48.6 Å².